The standard InChI is InChI=1S/C26H22N4O3S3/c31-21(27-14-13-18-8-3-1-4-9-18)17-35-25-28-23-22(24(32)30(25)19-10-5-2-6-11-19)36-26(34)29(23)16-20-12-7-15-33-20/h1-12,15H,13-14,16-17H2,(H,27,31). The van der Waals surface area contributed by atoms with Crippen molar-refractivity contribution in [2.75, 3.05) is 12.3 Å². The average Bonchev–Trinajstić information content (AvgIpc) is 3.52. The molecule has 0 radical (unpaired) electrons. The molecule has 1 N–H and O–H groups in total. The summed E-state index contributed by atoms with van der Waals surface area (Å²) in [6.07, 6.45) is 2.35. The van der Waals surface area contributed by atoms with Crippen LogP contribution in [-0.2, 0) is 17.8 Å². The third kappa shape index (κ3) is 5.35. The van der Waals surface area contributed by atoms with E-state index in [9.17, 15) is 9.59 Å². The molecule has 0 aliphatic heterocycles. The average molecular weight is 535 g/mol. The van der Waals surface area contributed by atoms with Gasteiger partial charge in [0.15, 0.2) is 14.8 Å². The molecule has 2 aromatic carbocycles. The summed E-state index contributed by atoms with van der Waals surface area (Å²) < 4.78 is 9.83. The Morgan fingerprint density at radius 3 is 2.53 bits per heavy atom. The first kappa shape index (κ1) is 24.2. The van der Waals surface area contributed by atoms with Crippen LogP contribution in [0.3, 0.4) is 0 Å². The summed E-state index contributed by atoms with van der Waals surface area (Å²) >= 11 is 8.02. The third-order valence-electron chi connectivity index (χ3n) is 5.48. The number of nitrogens with zero attached hydrogens (tertiary/aromatic N) is 3. The van der Waals surface area contributed by atoms with E-state index >= 15 is 0 Å². The molecule has 5 aromatic rings. The van der Waals surface area contributed by atoms with E-state index in [2.05, 4.69) is 5.32 Å². The van der Waals surface area contributed by atoms with Gasteiger partial charge in [0.05, 0.1) is 24.2 Å². The lowest BCUT2D eigenvalue weighted by Crippen LogP contribution is -2.28. The molecule has 0 unspecified atom stereocenters. The van der Waals surface area contributed by atoms with Crippen molar-refractivity contribution in [3.63, 3.8) is 0 Å². The Balaban J connectivity index is 1.43. The van der Waals surface area contributed by atoms with Gasteiger partial charge in [-0.1, -0.05) is 71.6 Å². The van der Waals surface area contributed by atoms with E-state index in [1.807, 2.05) is 66.7 Å². The summed E-state index contributed by atoms with van der Waals surface area (Å²) in [6.45, 7) is 0.909. The van der Waals surface area contributed by atoms with Crippen molar-refractivity contribution in [3.8, 4) is 5.69 Å². The molecule has 0 spiro atoms. The Kier molecular flexibility index (Phi) is 7.45. The second-order valence-corrected chi connectivity index (χ2v) is 10.5. The summed E-state index contributed by atoms with van der Waals surface area (Å²) in [6, 6.07) is 23.0. The zero-order valence-electron chi connectivity index (χ0n) is 19.1. The molecule has 10 heteroatoms. The first-order chi connectivity index (χ1) is 17.6. The normalized spacial score (nSPS) is 11.1. The van der Waals surface area contributed by atoms with Gasteiger partial charge in [-0.05, 0) is 48.5 Å². The number of amides is 1. The van der Waals surface area contributed by atoms with Gasteiger partial charge in [0, 0.05) is 6.54 Å². The van der Waals surface area contributed by atoms with Crippen molar-refractivity contribution in [2.24, 2.45) is 0 Å². The van der Waals surface area contributed by atoms with E-state index in [4.69, 9.17) is 21.6 Å². The van der Waals surface area contributed by atoms with E-state index in [0.29, 0.717) is 44.0 Å². The number of carbonyl (C=O) groups is 1. The number of benzene rings is 2. The second-order valence-electron chi connectivity index (χ2n) is 7.93. The fourth-order valence-electron chi connectivity index (χ4n) is 3.75. The molecule has 0 fully saturated rings. The molecule has 3 heterocycles. The summed E-state index contributed by atoms with van der Waals surface area (Å²) in [5, 5.41) is 3.38. The highest BCUT2D eigenvalue weighted by molar-refractivity contribution is 7.99. The molecule has 5 rings (SSSR count). The van der Waals surface area contributed by atoms with Crippen LogP contribution in [0.2, 0.25) is 0 Å². The smallest absolute Gasteiger partial charge is 0.278 e. The second kappa shape index (κ2) is 11.1. The van der Waals surface area contributed by atoms with Crippen LogP contribution in [-0.4, -0.2) is 32.3 Å². The molecule has 7 nitrogen and oxygen atoms in total. The minimum Gasteiger partial charge on any atom is -0.467 e. The lowest BCUT2D eigenvalue weighted by Gasteiger charge is -2.13. The first-order valence-corrected chi connectivity index (χ1v) is 13.5. The molecular formula is C26H22N4O3S3. The SMILES string of the molecule is O=C(CSc1nc2c(sc(=S)n2Cc2ccco2)c(=O)n1-c1ccccc1)NCCc1ccccc1. The molecule has 0 aliphatic carbocycles. The van der Waals surface area contributed by atoms with Crippen LogP contribution in [0.1, 0.15) is 11.3 Å². The van der Waals surface area contributed by atoms with Crippen molar-refractivity contribution >= 4 is 51.6 Å². The van der Waals surface area contributed by atoms with Crippen LogP contribution in [0.5, 0.6) is 0 Å². The molecule has 3 aromatic heterocycles. The highest BCUT2D eigenvalue weighted by Crippen LogP contribution is 2.25. The van der Waals surface area contributed by atoms with Crippen molar-refractivity contribution in [2.45, 2.75) is 18.1 Å². The van der Waals surface area contributed by atoms with E-state index < -0.39 is 0 Å². The quantitative estimate of drug-likeness (QED) is 0.162. The highest BCUT2D eigenvalue weighted by Gasteiger charge is 2.19. The third-order valence-corrected chi connectivity index (χ3v) is 7.84. The number of aromatic nitrogens is 3. The summed E-state index contributed by atoms with van der Waals surface area (Å²) in [5.41, 5.74) is 2.12. The van der Waals surface area contributed by atoms with Crippen molar-refractivity contribution < 1.29 is 9.21 Å². The number of hydrogen-bond donors (Lipinski definition) is 1. The number of fused-ring (bicyclic) bond motifs is 1. The van der Waals surface area contributed by atoms with Crippen LogP contribution in [0.25, 0.3) is 16.0 Å². The van der Waals surface area contributed by atoms with Crippen LogP contribution >= 0.6 is 35.3 Å². The van der Waals surface area contributed by atoms with E-state index in [0.717, 1.165) is 12.0 Å². The Morgan fingerprint density at radius 1 is 1.06 bits per heavy atom. The molecule has 1 amide bonds. The number of nitrogens with one attached hydrogen (secondary N) is 1. The fraction of sp³-hybridized carbons (Fsp3) is 0.154. The van der Waals surface area contributed by atoms with Gasteiger partial charge in [-0.3, -0.25) is 18.7 Å². The molecule has 182 valence electrons. The molecule has 0 saturated carbocycles. The highest BCUT2D eigenvalue weighted by atomic mass is 32.2. The summed E-state index contributed by atoms with van der Waals surface area (Å²) in [5.74, 6) is 0.720. The van der Waals surface area contributed by atoms with Gasteiger partial charge in [-0.2, -0.15) is 0 Å². The molecule has 0 aliphatic rings. The molecule has 0 atom stereocenters. The molecular weight excluding hydrogens is 513 g/mol. The van der Waals surface area contributed by atoms with Gasteiger partial charge in [-0.15, -0.1) is 0 Å². The molecule has 36 heavy (non-hydrogen) atoms. The number of thioether (sulfide) groups is 1. The minimum absolute atomic E-state index is 0.123. The van der Waals surface area contributed by atoms with Crippen LogP contribution in [0.15, 0.2) is 93.4 Å². The molecule has 0 saturated heterocycles. The predicted molar refractivity (Wildman–Crippen MR) is 146 cm³/mol. The van der Waals surface area contributed by atoms with Crippen molar-refractivity contribution in [1.29, 1.82) is 0 Å². The molecule has 0 bridgehead atoms. The number of furan rings is 1. The monoisotopic (exact) mass is 534 g/mol. The maximum atomic E-state index is 13.6. The summed E-state index contributed by atoms with van der Waals surface area (Å²) in [4.78, 5) is 31.1. The van der Waals surface area contributed by atoms with Gasteiger partial charge in [0.2, 0.25) is 5.91 Å². The maximum absolute atomic E-state index is 13.6. The van der Waals surface area contributed by atoms with E-state index in [1.165, 1.54) is 23.1 Å². The first-order valence-electron chi connectivity index (χ1n) is 11.3. The van der Waals surface area contributed by atoms with Gasteiger partial charge < -0.3 is 9.73 Å². The van der Waals surface area contributed by atoms with Crippen LogP contribution in [0.4, 0.5) is 0 Å². The van der Waals surface area contributed by atoms with E-state index in [1.54, 1.807) is 21.5 Å². The van der Waals surface area contributed by atoms with Crippen molar-refractivity contribution in [3.05, 3.63) is 105 Å². The number of thiazole rings is 1. The Labute approximate surface area is 220 Å². The zero-order valence-corrected chi connectivity index (χ0v) is 21.6. The number of hydrogen-bond acceptors (Lipinski definition) is 7. The number of para-hydroxylation sites is 1. The predicted octanol–water partition coefficient (Wildman–Crippen LogP) is 5.07. The lowest BCUT2D eigenvalue weighted by atomic mass is 10.1. The van der Waals surface area contributed by atoms with Crippen LogP contribution in [0, 0.1) is 3.95 Å². The Bertz CT molecular complexity index is 1590. The number of rotatable bonds is 9. The lowest BCUT2D eigenvalue weighted by molar-refractivity contribution is -0.118. The van der Waals surface area contributed by atoms with Gasteiger partial charge >= 0.3 is 0 Å². The van der Waals surface area contributed by atoms with Crippen molar-refractivity contribution in [1.82, 2.24) is 19.4 Å². The van der Waals surface area contributed by atoms with Crippen LogP contribution < -0.4 is 10.9 Å². The van der Waals surface area contributed by atoms with E-state index in [-0.39, 0.29) is 17.2 Å². The van der Waals surface area contributed by atoms with Gasteiger partial charge in [-0.25, -0.2) is 4.98 Å². The largest absolute Gasteiger partial charge is 0.467 e. The maximum Gasteiger partial charge on any atom is 0.278 e. The summed E-state index contributed by atoms with van der Waals surface area (Å²) in [7, 11) is 0. The Hall–Kier alpha value is -3.47. The number of carbonyl (C=O) groups excluding carboxylic acids is 1. The zero-order chi connectivity index (χ0) is 24.9. The minimum atomic E-state index is -0.215. The van der Waals surface area contributed by atoms with Gasteiger partial charge in [0.1, 0.15) is 10.5 Å². The van der Waals surface area contributed by atoms with Gasteiger partial charge in [0.25, 0.3) is 5.56 Å². The fourth-order valence-corrected chi connectivity index (χ4v) is 5.84. The topological polar surface area (TPSA) is 82.1 Å². The Morgan fingerprint density at radius 2 is 1.81 bits per heavy atom.